The summed E-state index contributed by atoms with van der Waals surface area (Å²) in [5, 5.41) is 2.86. The summed E-state index contributed by atoms with van der Waals surface area (Å²) in [7, 11) is 0. The average Bonchev–Trinajstić information content (AvgIpc) is 3.37. The lowest BCUT2D eigenvalue weighted by atomic mass is 10.2. The van der Waals surface area contributed by atoms with Crippen LogP contribution in [0, 0.1) is 12.7 Å². The molecule has 0 saturated heterocycles. The van der Waals surface area contributed by atoms with Gasteiger partial charge in [-0.1, -0.05) is 18.2 Å². The van der Waals surface area contributed by atoms with E-state index in [9.17, 15) is 9.18 Å². The van der Waals surface area contributed by atoms with Crippen molar-refractivity contribution in [3.05, 3.63) is 59.4 Å². The van der Waals surface area contributed by atoms with Crippen LogP contribution in [-0.2, 0) is 13.1 Å². The fourth-order valence-corrected chi connectivity index (χ4v) is 2.43. The first-order valence-electron chi connectivity index (χ1n) is 7.70. The molecule has 0 radical (unpaired) electrons. The van der Waals surface area contributed by atoms with Crippen LogP contribution in [0.2, 0.25) is 0 Å². The Hall–Kier alpha value is -2.50. The van der Waals surface area contributed by atoms with Gasteiger partial charge >= 0.3 is 6.03 Å². The van der Waals surface area contributed by atoms with Crippen LogP contribution in [0.4, 0.5) is 9.18 Å². The van der Waals surface area contributed by atoms with Crippen LogP contribution >= 0.6 is 0 Å². The smallest absolute Gasteiger partial charge is 0.318 e. The van der Waals surface area contributed by atoms with Gasteiger partial charge in [0.2, 0.25) is 0 Å². The molecule has 23 heavy (non-hydrogen) atoms. The predicted octanol–water partition coefficient (Wildman–Crippen LogP) is 2.80. The van der Waals surface area contributed by atoms with E-state index in [1.807, 2.05) is 0 Å². The highest BCUT2D eigenvalue weighted by molar-refractivity contribution is 5.74. The third-order valence-corrected chi connectivity index (χ3v) is 3.80. The van der Waals surface area contributed by atoms with Gasteiger partial charge in [0.1, 0.15) is 11.6 Å². The van der Waals surface area contributed by atoms with Crippen LogP contribution in [0.1, 0.15) is 29.9 Å². The summed E-state index contributed by atoms with van der Waals surface area (Å²) in [6.45, 7) is 2.43. The van der Waals surface area contributed by atoms with E-state index in [-0.39, 0.29) is 24.4 Å². The molecule has 0 unspecified atom stereocenters. The molecule has 0 atom stereocenters. The van der Waals surface area contributed by atoms with Crippen molar-refractivity contribution < 1.29 is 9.18 Å². The van der Waals surface area contributed by atoms with Gasteiger partial charge in [-0.2, -0.15) is 0 Å². The quantitative estimate of drug-likeness (QED) is 0.923. The molecule has 0 aliphatic heterocycles. The zero-order valence-corrected chi connectivity index (χ0v) is 13.0. The number of hydrogen-bond donors (Lipinski definition) is 1. The van der Waals surface area contributed by atoms with Gasteiger partial charge in [0.05, 0.1) is 18.8 Å². The molecule has 2 aromatic rings. The van der Waals surface area contributed by atoms with E-state index in [0.29, 0.717) is 17.9 Å². The van der Waals surface area contributed by atoms with Crippen molar-refractivity contribution in [2.24, 2.45) is 0 Å². The lowest BCUT2D eigenvalue weighted by molar-refractivity contribution is 0.190. The SMILES string of the molecule is Cc1nccc(CNC(=O)N(Cc2ccccc2F)C2CC2)n1. The van der Waals surface area contributed by atoms with Crippen LogP contribution in [0.5, 0.6) is 0 Å². The van der Waals surface area contributed by atoms with Crippen molar-refractivity contribution in [3.63, 3.8) is 0 Å². The second kappa shape index (κ2) is 6.73. The van der Waals surface area contributed by atoms with E-state index in [2.05, 4.69) is 15.3 Å². The minimum Gasteiger partial charge on any atom is -0.332 e. The maximum Gasteiger partial charge on any atom is 0.318 e. The minimum atomic E-state index is -0.280. The van der Waals surface area contributed by atoms with Gasteiger partial charge in [0.15, 0.2) is 0 Å². The molecule has 5 nitrogen and oxygen atoms in total. The molecule has 1 N–H and O–H groups in total. The van der Waals surface area contributed by atoms with E-state index >= 15 is 0 Å². The third-order valence-electron chi connectivity index (χ3n) is 3.80. The predicted molar refractivity (Wildman–Crippen MR) is 84.0 cm³/mol. The van der Waals surface area contributed by atoms with Crippen molar-refractivity contribution >= 4 is 6.03 Å². The molecular formula is C17H19FN4O. The Morgan fingerprint density at radius 3 is 2.83 bits per heavy atom. The highest BCUT2D eigenvalue weighted by atomic mass is 19.1. The second-order valence-corrected chi connectivity index (χ2v) is 5.70. The van der Waals surface area contributed by atoms with Gasteiger partial charge < -0.3 is 10.2 Å². The maximum atomic E-state index is 13.8. The first kappa shape index (κ1) is 15.4. The van der Waals surface area contributed by atoms with Crippen molar-refractivity contribution in [1.82, 2.24) is 20.2 Å². The number of aryl methyl sites for hydroxylation is 1. The van der Waals surface area contributed by atoms with Crippen LogP contribution < -0.4 is 5.32 Å². The number of urea groups is 1. The van der Waals surface area contributed by atoms with Gasteiger partial charge in [0.25, 0.3) is 0 Å². The Kier molecular flexibility index (Phi) is 4.50. The fourth-order valence-electron chi connectivity index (χ4n) is 2.43. The lowest BCUT2D eigenvalue weighted by Crippen LogP contribution is -2.40. The number of hydrogen-bond acceptors (Lipinski definition) is 3. The fraction of sp³-hybridized carbons (Fsp3) is 0.353. The highest BCUT2D eigenvalue weighted by Crippen LogP contribution is 2.28. The highest BCUT2D eigenvalue weighted by Gasteiger charge is 2.32. The summed E-state index contributed by atoms with van der Waals surface area (Å²) in [6, 6.07) is 8.34. The molecule has 1 aromatic heterocycles. The molecule has 1 fully saturated rings. The minimum absolute atomic E-state index is 0.188. The third kappa shape index (κ3) is 4.03. The molecule has 1 heterocycles. The Morgan fingerprint density at radius 2 is 2.13 bits per heavy atom. The molecule has 2 amide bonds. The molecule has 1 aliphatic rings. The van der Waals surface area contributed by atoms with E-state index in [0.717, 1.165) is 18.5 Å². The number of carbonyl (C=O) groups is 1. The van der Waals surface area contributed by atoms with Gasteiger partial charge in [-0.25, -0.2) is 19.2 Å². The number of amides is 2. The Morgan fingerprint density at radius 1 is 1.35 bits per heavy atom. The molecule has 6 heteroatoms. The molecule has 1 aromatic carbocycles. The summed E-state index contributed by atoms with van der Waals surface area (Å²) < 4.78 is 13.8. The first-order chi connectivity index (χ1) is 11.1. The first-order valence-corrected chi connectivity index (χ1v) is 7.70. The monoisotopic (exact) mass is 314 g/mol. The molecule has 3 rings (SSSR count). The van der Waals surface area contributed by atoms with Gasteiger partial charge in [0, 0.05) is 17.8 Å². The molecule has 120 valence electrons. The van der Waals surface area contributed by atoms with Crippen molar-refractivity contribution in [3.8, 4) is 0 Å². The van der Waals surface area contributed by atoms with Crippen LogP contribution in [-0.4, -0.2) is 26.9 Å². The number of aromatic nitrogens is 2. The summed E-state index contributed by atoms with van der Waals surface area (Å²) in [5.41, 5.74) is 1.29. The van der Waals surface area contributed by atoms with E-state index < -0.39 is 0 Å². The van der Waals surface area contributed by atoms with Gasteiger partial charge in [-0.3, -0.25) is 0 Å². The number of benzene rings is 1. The van der Waals surface area contributed by atoms with Crippen LogP contribution in [0.3, 0.4) is 0 Å². The average molecular weight is 314 g/mol. The lowest BCUT2D eigenvalue weighted by Gasteiger charge is -2.23. The second-order valence-electron chi connectivity index (χ2n) is 5.70. The number of rotatable bonds is 5. The van der Waals surface area contributed by atoms with Crippen molar-refractivity contribution in [1.29, 1.82) is 0 Å². The largest absolute Gasteiger partial charge is 0.332 e. The number of carbonyl (C=O) groups excluding carboxylic acids is 1. The molecule has 1 aliphatic carbocycles. The summed E-state index contributed by atoms with van der Waals surface area (Å²) >= 11 is 0. The molecule has 0 bridgehead atoms. The van der Waals surface area contributed by atoms with E-state index in [1.165, 1.54) is 6.07 Å². The number of nitrogens with one attached hydrogen (secondary N) is 1. The Labute approximate surface area is 134 Å². The van der Waals surface area contributed by atoms with Crippen LogP contribution in [0.15, 0.2) is 36.5 Å². The zero-order chi connectivity index (χ0) is 16.2. The Bertz CT molecular complexity index is 702. The number of nitrogens with zero attached hydrogens (tertiary/aromatic N) is 3. The molecular weight excluding hydrogens is 295 g/mol. The number of halogens is 1. The summed E-state index contributed by atoms with van der Waals surface area (Å²) in [4.78, 5) is 22.4. The van der Waals surface area contributed by atoms with Gasteiger partial charge in [-0.15, -0.1) is 0 Å². The van der Waals surface area contributed by atoms with E-state index in [1.54, 1.807) is 42.3 Å². The standard InChI is InChI=1S/C17H19FN4O/c1-12-19-9-8-14(21-12)10-20-17(23)22(15-6-7-15)11-13-4-2-3-5-16(13)18/h2-5,8-9,15H,6-7,10-11H2,1H3,(H,20,23). The van der Waals surface area contributed by atoms with E-state index in [4.69, 9.17) is 0 Å². The van der Waals surface area contributed by atoms with Crippen molar-refractivity contribution in [2.45, 2.75) is 38.9 Å². The molecule has 1 saturated carbocycles. The summed E-state index contributed by atoms with van der Waals surface area (Å²) in [6.07, 6.45) is 3.60. The Balaban J connectivity index is 1.64. The van der Waals surface area contributed by atoms with Crippen LogP contribution in [0.25, 0.3) is 0 Å². The topological polar surface area (TPSA) is 58.1 Å². The van der Waals surface area contributed by atoms with Crippen molar-refractivity contribution in [2.75, 3.05) is 0 Å². The molecule has 0 spiro atoms. The maximum absolute atomic E-state index is 13.8. The summed E-state index contributed by atoms with van der Waals surface area (Å²) in [5.74, 6) is 0.388. The van der Waals surface area contributed by atoms with Gasteiger partial charge in [-0.05, 0) is 31.9 Å². The zero-order valence-electron chi connectivity index (χ0n) is 13.0. The normalized spacial score (nSPS) is 13.7.